The van der Waals surface area contributed by atoms with E-state index < -0.39 is 18.0 Å². The molecule has 4 nitrogen and oxygen atoms in total. The first-order valence-corrected chi connectivity index (χ1v) is 2.79. The summed E-state index contributed by atoms with van der Waals surface area (Å²) in [6.07, 6.45) is -3.74. The predicted octanol–water partition coefficient (Wildman–Crippen LogP) is 0.829. The van der Waals surface area contributed by atoms with Gasteiger partial charge >= 0.3 is 18.0 Å². The molecule has 0 saturated heterocycles. The number of alkyl halides is 2. The van der Waals surface area contributed by atoms with Crippen LogP contribution in [0.1, 0.15) is 6.92 Å². The second-order valence-corrected chi connectivity index (χ2v) is 1.68. The smallest absolute Gasteiger partial charge is 0.428 e. The minimum atomic E-state index is -4.25. The van der Waals surface area contributed by atoms with Crippen LogP contribution in [0.4, 0.5) is 8.78 Å². The standard InChI is InChI=1S/C6H6F2O4/c1-3-11-5(10)6(7,8)12-4(2)9/h3H,1H2,2H3. The van der Waals surface area contributed by atoms with Crippen molar-refractivity contribution < 1.29 is 27.8 Å². The molecule has 0 aromatic rings. The molecule has 0 spiro atoms. The Morgan fingerprint density at radius 1 is 1.50 bits per heavy atom. The van der Waals surface area contributed by atoms with Gasteiger partial charge in [0, 0.05) is 6.92 Å². The molecular weight excluding hydrogens is 174 g/mol. The molecule has 0 radical (unpaired) electrons. The summed E-state index contributed by atoms with van der Waals surface area (Å²) < 4.78 is 31.6. The van der Waals surface area contributed by atoms with E-state index in [0.29, 0.717) is 6.26 Å². The first-order chi connectivity index (χ1) is 5.40. The highest BCUT2D eigenvalue weighted by Gasteiger charge is 2.45. The summed E-state index contributed by atoms with van der Waals surface area (Å²) in [6, 6.07) is 0. The van der Waals surface area contributed by atoms with Crippen molar-refractivity contribution in [3.05, 3.63) is 12.8 Å². The van der Waals surface area contributed by atoms with E-state index in [1.807, 2.05) is 0 Å². The van der Waals surface area contributed by atoms with Gasteiger partial charge in [0.05, 0.1) is 6.26 Å². The lowest BCUT2D eigenvalue weighted by atomic mass is 10.6. The van der Waals surface area contributed by atoms with Crippen LogP contribution in [-0.4, -0.2) is 18.0 Å². The number of esters is 2. The number of carbonyl (C=O) groups excluding carboxylic acids is 2. The van der Waals surface area contributed by atoms with Crippen molar-refractivity contribution in [3.8, 4) is 0 Å². The molecule has 12 heavy (non-hydrogen) atoms. The third kappa shape index (κ3) is 3.09. The summed E-state index contributed by atoms with van der Waals surface area (Å²) in [6.45, 7) is 3.62. The van der Waals surface area contributed by atoms with Gasteiger partial charge in [-0.3, -0.25) is 4.79 Å². The van der Waals surface area contributed by atoms with E-state index >= 15 is 0 Å². The van der Waals surface area contributed by atoms with Gasteiger partial charge in [-0.25, -0.2) is 4.79 Å². The van der Waals surface area contributed by atoms with Gasteiger partial charge in [0.15, 0.2) is 0 Å². The Bertz CT molecular complexity index is 212. The van der Waals surface area contributed by atoms with Crippen LogP contribution in [-0.2, 0) is 19.1 Å². The fourth-order valence-electron chi connectivity index (χ4n) is 0.366. The molecule has 0 aliphatic carbocycles. The molecule has 0 rings (SSSR count). The molecule has 0 aliphatic heterocycles. The van der Waals surface area contributed by atoms with Gasteiger partial charge in [0.2, 0.25) is 0 Å². The van der Waals surface area contributed by atoms with Crippen LogP contribution in [0.15, 0.2) is 12.8 Å². The lowest BCUT2D eigenvalue weighted by Crippen LogP contribution is -2.34. The minimum Gasteiger partial charge on any atom is -0.428 e. The quantitative estimate of drug-likeness (QED) is 0.476. The number of halogens is 2. The van der Waals surface area contributed by atoms with Crippen LogP contribution in [0.2, 0.25) is 0 Å². The zero-order valence-electron chi connectivity index (χ0n) is 6.17. The van der Waals surface area contributed by atoms with Gasteiger partial charge in [-0.2, -0.15) is 8.78 Å². The fraction of sp³-hybridized carbons (Fsp3) is 0.333. The molecule has 0 aromatic heterocycles. The van der Waals surface area contributed by atoms with E-state index in [1.165, 1.54) is 0 Å². The molecule has 0 N–H and O–H groups in total. The summed E-state index contributed by atoms with van der Waals surface area (Å²) in [5, 5.41) is 0. The molecule has 0 amide bonds. The predicted molar refractivity (Wildman–Crippen MR) is 33.0 cm³/mol. The summed E-state index contributed by atoms with van der Waals surface area (Å²) in [7, 11) is 0. The summed E-state index contributed by atoms with van der Waals surface area (Å²) in [5.74, 6) is -3.26. The SMILES string of the molecule is C=COC(=O)C(F)(F)OC(C)=O. The van der Waals surface area contributed by atoms with E-state index in [4.69, 9.17) is 0 Å². The maximum Gasteiger partial charge on any atom is 0.504 e. The largest absolute Gasteiger partial charge is 0.504 e. The average Bonchev–Trinajstić information content (AvgIpc) is 1.85. The lowest BCUT2D eigenvalue weighted by Gasteiger charge is -2.11. The molecule has 6 heteroatoms. The van der Waals surface area contributed by atoms with Crippen LogP contribution in [0, 0.1) is 0 Å². The summed E-state index contributed by atoms with van der Waals surface area (Å²) >= 11 is 0. The van der Waals surface area contributed by atoms with Crippen molar-refractivity contribution in [2.75, 3.05) is 0 Å². The monoisotopic (exact) mass is 180 g/mol. The van der Waals surface area contributed by atoms with Gasteiger partial charge in [-0.05, 0) is 0 Å². The molecule has 0 heterocycles. The van der Waals surface area contributed by atoms with E-state index in [9.17, 15) is 18.4 Å². The maximum atomic E-state index is 12.3. The van der Waals surface area contributed by atoms with Crippen molar-refractivity contribution in [3.63, 3.8) is 0 Å². The van der Waals surface area contributed by atoms with Crippen LogP contribution >= 0.6 is 0 Å². The average molecular weight is 180 g/mol. The second kappa shape index (κ2) is 3.80. The van der Waals surface area contributed by atoms with E-state index in [0.717, 1.165) is 6.92 Å². The molecule has 0 bridgehead atoms. The number of rotatable bonds is 3. The van der Waals surface area contributed by atoms with Crippen molar-refractivity contribution >= 4 is 11.9 Å². The summed E-state index contributed by atoms with van der Waals surface area (Å²) in [5.41, 5.74) is 0. The van der Waals surface area contributed by atoms with Crippen molar-refractivity contribution in [2.24, 2.45) is 0 Å². The Morgan fingerprint density at radius 3 is 2.33 bits per heavy atom. The Hall–Kier alpha value is -1.46. The Kier molecular flexibility index (Phi) is 3.33. The van der Waals surface area contributed by atoms with E-state index in [2.05, 4.69) is 16.1 Å². The normalized spacial score (nSPS) is 10.2. The molecule has 0 fully saturated rings. The number of hydrogen-bond donors (Lipinski definition) is 0. The lowest BCUT2D eigenvalue weighted by molar-refractivity contribution is -0.239. The van der Waals surface area contributed by atoms with Crippen LogP contribution in [0.3, 0.4) is 0 Å². The Morgan fingerprint density at radius 2 is 2.00 bits per heavy atom. The molecule has 0 aromatic carbocycles. The molecule has 0 unspecified atom stereocenters. The van der Waals surface area contributed by atoms with E-state index in [-0.39, 0.29) is 0 Å². The van der Waals surface area contributed by atoms with Crippen molar-refractivity contribution in [1.82, 2.24) is 0 Å². The summed E-state index contributed by atoms with van der Waals surface area (Å²) in [4.78, 5) is 20.3. The third-order valence-corrected chi connectivity index (χ3v) is 0.700. The first-order valence-electron chi connectivity index (χ1n) is 2.79. The van der Waals surface area contributed by atoms with Crippen LogP contribution in [0.5, 0.6) is 0 Å². The first kappa shape index (κ1) is 10.5. The fourth-order valence-corrected chi connectivity index (χ4v) is 0.366. The van der Waals surface area contributed by atoms with Gasteiger partial charge in [0.25, 0.3) is 0 Å². The number of carbonyl (C=O) groups is 2. The van der Waals surface area contributed by atoms with Gasteiger partial charge in [0.1, 0.15) is 0 Å². The van der Waals surface area contributed by atoms with Crippen molar-refractivity contribution in [2.45, 2.75) is 13.0 Å². The van der Waals surface area contributed by atoms with Gasteiger partial charge in [-0.1, -0.05) is 6.58 Å². The van der Waals surface area contributed by atoms with E-state index in [1.54, 1.807) is 0 Å². The molecule has 68 valence electrons. The highest BCUT2D eigenvalue weighted by molar-refractivity contribution is 5.79. The zero-order chi connectivity index (χ0) is 9.78. The zero-order valence-corrected chi connectivity index (χ0v) is 6.17. The van der Waals surface area contributed by atoms with Gasteiger partial charge in [-0.15, -0.1) is 0 Å². The minimum absolute atomic E-state index is 0.514. The van der Waals surface area contributed by atoms with Crippen LogP contribution in [0.25, 0.3) is 0 Å². The van der Waals surface area contributed by atoms with Crippen LogP contribution < -0.4 is 0 Å². The highest BCUT2D eigenvalue weighted by Crippen LogP contribution is 2.17. The molecule has 0 aliphatic rings. The molecular formula is C6H6F2O4. The number of hydrogen-bond acceptors (Lipinski definition) is 4. The van der Waals surface area contributed by atoms with Gasteiger partial charge < -0.3 is 9.47 Å². The highest BCUT2D eigenvalue weighted by atomic mass is 19.3. The Balaban J connectivity index is 4.27. The maximum absolute atomic E-state index is 12.3. The Labute approximate surface area is 66.8 Å². The molecule has 0 atom stereocenters. The second-order valence-electron chi connectivity index (χ2n) is 1.68. The third-order valence-electron chi connectivity index (χ3n) is 0.700. The topological polar surface area (TPSA) is 52.6 Å². The molecule has 0 saturated carbocycles. The van der Waals surface area contributed by atoms with Crippen molar-refractivity contribution in [1.29, 1.82) is 0 Å². The number of ether oxygens (including phenoxy) is 2.